The first kappa shape index (κ1) is 23.5. The highest BCUT2D eigenvalue weighted by atomic mass is 32.1. The molecular formula is C25H27N3O3S. The second-order valence-electron chi connectivity index (χ2n) is 7.73. The molecule has 0 saturated carbocycles. The summed E-state index contributed by atoms with van der Waals surface area (Å²) in [5.74, 6) is 0.223. The number of aryl methyl sites for hydroxylation is 1. The van der Waals surface area contributed by atoms with Gasteiger partial charge in [-0.05, 0) is 68.5 Å². The molecule has 0 unspecified atom stereocenters. The van der Waals surface area contributed by atoms with E-state index in [1.807, 2.05) is 44.3 Å². The number of benzene rings is 2. The van der Waals surface area contributed by atoms with Crippen LogP contribution in [0.3, 0.4) is 0 Å². The lowest BCUT2D eigenvalue weighted by molar-refractivity contribution is -0.123. The molecule has 7 heteroatoms. The number of amides is 1. The number of aliphatic hydroxyl groups is 1. The zero-order chi connectivity index (χ0) is 23.1. The average Bonchev–Trinajstić information content (AvgIpc) is 3.27. The van der Waals surface area contributed by atoms with Crippen molar-refractivity contribution >= 4 is 17.2 Å². The van der Waals surface area contributed by atoms with E-state index in [0.717, 1.165) is 33.9 Å². The Bertz CT molecular complexity index is 1130. The molecule has 0 radical (unpaired) electrons. The predicted molar refractivity (Wildman–Crippen MR) is 127 cm³/mol. The summed E-state index contributed by atoms with van der Waals surface area (Å²) in [5.41, 5.74) is 4.92. The quantitative estimate of drug-likeness (QED) is 0.470. The monoisotopic (exact) mass is 449 g/mol. The molecule has 6 nitrogen and oxygen atoms in total. The van der Waals surface area contributed by atoms with Crippen molar-refractivity contribution in [1.82, 2.24) is 10.3 Å². The molecule has 2 N–H and O–H groups in total. The number of aromatic nitrogens is 1. The number of hydrogen-bond acceptors (Lipinski definition) is 6. The van der Waals surface area contributed by atoms with E-state index in [2.05, 4.69) is 35.4 Å². The molecule has 1 heterocycles. The van der Waals surface area contributed by atoms with Gasteiger partial charge in [-0.15, -0.1) is 11.3 Å². The van der Waals surface area contributed by atoms with Gasteiger partial charge in [-0.3, -0.25) is 4.79 Å². The molecule has 0 aliphatic heterocycles. The number of rotatable bonds is 9. The van der Waals surface area contributed by atoms with E-state index in [1.54, 1.807) is 11.3 Å². The normalized spacial score (nSPS) is 10.8. The summed E-state index contributed by atoms with van der Waals surface area (Å²) in [6.45, 7) is 5.98. The minimum Gasteiger partial charge on any atom is -0.490 e. The Balaban J connectivity index is 1.83. The molecule has 2 aromatic carbocycles. The number of nitrogens with zero attached hydrogens (tertiary/aromatic N) is 2. The SMILES string of the molecule is Cc1cccc(-c2cnc(-c3ccc(OC(C)C)c(C#N)c3)s2)c1CCCNC(=O)CO. The van der Waals surface area contributed by atoms with Crippen molar-refractivity contribution in [2.75, 3.05) is 13.2 Å². The topological polar surface area (TPSA) is 95.2 Å². The molecule has 0 bridgehead atoms. The van der Waals surface area contributed by atoms with Gasteiger partial charge in [0.2, 0.25) is 5.91 Å². The molecule has 1 amide bonds. The Kier molecular flexibility index (Phi) is 7.98. The Hall–Kier alpha value is -3.21. The van der Waals surface area contributed by atoms with Crippen molar-refractivity contribution in [3.05, 3.63) is 59.3 Å². The van der Waals surface area contributed by atoms with Gasteiger partial charge in [-0.1, -0.05) is 18.2 Å². The van der Waals surface area contributed by atoms with Crippen molar-refractivity contribution in [3.63, 3.8) is 0 Å². The molecular weight excluding hydrogens is 422 g/mol. The highest BCUT2D eigenvalue weighted by molar-refractivity contribution is 7.18. The summed E-state index contributed by atoms with van der Waals surface area (Å²) >= 11 is 1.58. The van der Waals surface area contributed by atoms with Gasteiger partial charge in [0.15, 0.2) is 0 Å². The zero-order valence-corrected chi connectivity index (χ0v) is 19.3. The summed E-state index contributed by atoms with van der Waals surface area (Å²) in [7, 11) is 0. The van der Waals surface area contributed by atoms with Gasteiger partial charge in [0.1, 0.15) is 23.4 Å². The molecule has 1 aromatic heterocycles. The molecule has 3 aromatic rings. The van der Waals surface area contributed by atoms with E-state index in [4.69, 9.17) is 9.84 Å². The lowest BCUT2D eigenvalue weighted by Gasteiger charge is -2.12. The number of ether oxygens (including phenoxy) is 1. The summed E-state index contributed by atoms with van der Waals surface area (Å²) in [5, 5.41) is 21.9. The van der Waals surface area contributed by atoms with Crippen LogP contribution in [0.5, 0.6) is 5.75 Å². The number of nitriles is 1. The molecule has 0 aliphatic rings. The number of nitrogens with one attached hydrogen (secondary N) is 1. The molecule has 0 spiro atoms. The average molecular weight is 450 g/mol. The Morgan fingerprint density at radius 2 is 2.12 bits per heavy atom. The van der Waals surface area contributed by atoms with Crippen molar-refractivity contribution in [2.24, 2.45) is 0 Å². The Labute approximate surface area is 192 Å². The summed E-state index contributed by atoms with van der Waals surface area (Å²) in [6.07, 6.45) is 3.45. The molecule has 0 aliphatic carbocycles. The third kappa shape index (κ3) is 5.72. The smallest absolute Gasteiger partial charge is 0.245 e. The molecule has 166 valence electrons. The fraction of sp³-hybridized carbons (Fsp3) is 0.320. The van der Waals surface area contributed by atoms with Crippen molar-refractivity contribution < 1.29 is 14.6 Å². The van der Waals surface area contributed by atoms with Crippen LogP contribution in [0.15, 0.2) is 42.6 Å². The van der Waals surface area contributed by atoms with E-state index in [-0.39, 0.29) is 12.0 Å². The van der Waals surface area contributed by atoms with Gasteiger partial charge < -0.3 is 15.2 Å². The largest absolute Gasteiger partial charge is 0.490 e. The van der Waals surface area contributed by atoms with Crippen LogP contribution >= 0.6 is 11.3 Å². The van der Waals surface area contributed by atoms with Gasteiger partial charge in [0.25, 0.3) is 0 Å². The predicted octanol–water partition coefficient (Wildman–Crippen LogP) is 4.49. The van der Waals surface area contributed by atoms with E-state index < -0.39 is 6.61 Å². The maximum absolute atomic E-state index is 11.2. The number of hydrogen-bond donors (Lipinski definition) is 2. The fourth-order valence-corrected chi connectivity index (χ4v) is 4.42. The summed E-state index contributed by atoms with van der Waals surface area (Å²) in [6, 6.07) is 14.0. The van der Waals surface area contributed by atoms with Crippen LogP contribution in [0.25, 0.3) is 21.0 Å². The number of carbonyl (C=O) groups excluding carboxylic acids is 1. The van der Waals surface area contributed by atoms with Crippen LogP contribution in [0.2, 0.25) is 0 Å². The third-order valence-electron chi connectivity index (χ3n) is 4.96. The zero-order valence-electron chi connectivity index (χ0n) is 18.5. The van der Waals surface area contributed by atoms with Crippen LogP contribution in [0.4, 0.5) is 0 Å². The molecule has 3 rings (SSSR count). The first-order chi connectivity index (χ1) is 15.4. The minimum atomic E-state index is -0.489. The van der Waals surface area contributed by atoms with Crippen LogP contribution in [-0.2, 0) is 11.2 Å². The first-order valence-electron chi connectivity index (χ1n) is 10.6. The maximum Gasteiger partial charge on any atom is 0.245 e. The highest BCUT2D eigenvalue weighted by Gasteiger charge is 2.14. The highest BCUT2D eigenvalue weighted by Crippen LogP contribution is 2.36. The van der Waals surface area contributed by atoms with Crippen LogP contribution in [0, 0.1) is 18.3 Å². The fourth-order valence-electron chi connectivity index (χ4n) is 3.45. The molecule has 32 heavy (non-hydrogen) atoms. The van der Waals surface area contributed by atoms with Gasteiger partial charge in [0.05, 0.1) is 16.5 Å². The third-order valence-corrected chi connectivity index (χ3v) is 6.04. The van der Waals surface area contributed by atoms with Crippen molar-refractivity contribution in [2.45, 2.75) is 39.7 Å². The number of thiazole rings is 1. The standard InChI is InChI=1S/C25H27N3O3S/c1-16(2)31-22-10-9-18(12-19(22)13-26)25-28-14-23(32-25)21-7-4-6-17(3)20(21)8-5-11-27-24(30)15-29/h4,6-7,9-10,12,14,16,29H,5,8,11,15H2,1-3H3,(H,27,30). The van der Waals surface area contributed by atoms with E-state index >= 15 is 0 Å². The lowest BCUT2D eigenvalue weighted by atomic mass is 9.97. The lowest BCUT2D eigenvalue weighted by Crippen LogP contribution is -2.27. The summed E-state index contributed by atoms with van der Waals surface area (Å²) in [4.78, 5) is 16.9. The second kappa shape index (κ2) is 10.9. The second-order valence-corrected chi connectivity index (χ2v) is 8.76. The number of aliphatic hydroxyl groups excluding tert-OH is 1. The van der Waals surface area contributed by atoms with E-state index in [0.29, 0.717) is 17.9 Å². The van der Waals surface area contributed by atoms with Crippen molar-refractivity contribution in [1.29, 1.82) is 5.26 Å². The van der Waals surface area contributed by atoms with E-state index in [1.165, 1.54) is 11.1 Å². The van der Waals surface area contributed by atoms with E-state index in [9.17, 15) is 10.1 Å². The Morgan fingerprint density at radius 1 is 1.31 bits per heavy atom. The maximum atomic E-state index is 11.2. The van der Waals surface area contributed by atoms with Crippen LogP contribution in [0.1, 0.15) is 37.0 Å². The van der Waals surface area contributed by atoms with Crippen LogP contribution < -0.4 is 10.1 Å². The van der Waals surface area contributed by atoms with Gasteiger partial charge in [0, 0.05) is 18.3 Å². The van der Waals surface area contributed by atoms with Crippen molar-refractivity contribution in [3.8, 4) is 32.8 Å². The van der Waals surface area contributed by atoms with Gasteiger partial charge in [-0.25, -0.2) is 4.98 Å². The Morgan fingerprint density at radius 3 is 2.84 bits per heavy atom. The molecule has 0 fully saturated rings. The first-order valence-corrected chi connectivity index (χ1v) is 11.4. The van der Waals surface area contributed by atoms with Gasteiger partial charge >= 0.3 is 0 Å². The molecule has 0 saturated heterocycles. The minimum absolute atomic E-state index is 0.00360. The van der Waals surface area contributed by atoms with Gasteiger partial charge in [-0.2, -0.15) is 5.26 Å². The number of carbonyl (C=O) groups is 1. The van der Waals surface area contributed by atoms with Crippen LogP contribution in [-0.4, -0.2) is 35.3 Å². The molecule has 0 atom stereocenters. The summed E-state index contributed by atoms with van der Waals surface area (Å²) < 4.78 is 5.72.